The third kappa shape index (κ3) is 4.63. The van der Waals surface area contributed by atoms with Gasteiger partial charge in [-0.3, -0.25) is 9.59 Å². The van der Waals surface area contributed by atoms with E-state index >= 15 is 0 Å². The Morgan fingerprint density at radius 1 is 1.09 bits per heavy atom. The number of esters is 4. The molecule has 1 spiro atoms. The van der Waals surface area contributed by atoms with Crippen molar-refractivity contribution in [1.29, 1.82) is 0 Å². The van der Waals surface area contributed by atoms with E-state index in [1.54, 1.807) is 13.8 Å². The van der Waals surface area contributed by atoms with Gasteiger partial charge >= 0.3 is 23.9 Å². The Bertz CT molecular complexity index is 1550. The zero-order chi connectivity index (χ0) is 34.3. The Hall–Kier alpha value is -3.57. The molecule has 2 aliphatic heterocycles. The molecule has 11 heteroatoms. The molecule has 11 nitrogen and oxygen atoms in total. The number of cyclic esters (lactones) is 1. The number of ether oxygens (including phenoxy) is 5. The maximum atomic E-state index is 13.9. The van der Waals surface area contributed by atoms with E-state index in [1.165, 1.54) is 19.1 Å². The second kappa shape index (κ2) is 11.3. The highest BCUT2D eigenvalue weighted by Gasteiger charge is 2.83. The molecule has 0 bridgehead atoms. The second-order valence-corrected chi connectivity index (χ2v) is 14.4. The topological polar surface area (TPSA) is 155 Å². The lowest BCUT2D eigenvalue weighted by atomic mass is 9.42. The summed E-state index contributed by atoms with van der Waals surface area (Å²) in [6.07, 6.45) is 5.79. The van der Waals surface area contributed by atoms with Crippen molar-refractivity contribution in [2.24, 2.45) is 28.6 Å². The molecule has 0 unspecified atom stereocenters. The van der Waals surface area contributed by atoms with Crippen LogP contribution in [0.25, 0.3) is 0 Å². The molecule has 2 heterocycles. The largest absolute Gasteiger partial charge is 0.463 e. The monoisotopic (exact) mass is 652 g/mol. The van der Waals surface area contributed by atoms with Crippen LogP contribution in [0.15, 0.2) is 47.1 Å². The van der Waals surface area contributed by atoms with Gasteiger partial charge < -0.3 is 28.8 Å². The van der Waals surface area contributed by atoms with E-state index in [2.05, 4.69) is 0 Å². The van der Waals surface area contributed by atoms with Crippen LogP contribution in [-0.2, 0) is 47.7 Å². The van der Waals surface area contributed by atoms with Gasteiger partial charge in [0.2, 0.25) is 0 Å². The summed E-state index contributed by atoms with van der Waals surface area (Å²) >= 11 is 0. The van der Waals surface area contributed by atoms with Gasteiger partial charge in [-0.15, -0.1) is 0 Å². The molecule has 2 saturated carbocycles. The van der Waals surface area contributed by atoms with Gasteiger partial charge in [0, 0.05) is 42.4 Å². The minimum Gasteiger partial charge on any atom is -0.463 e. The fraction of sp³-hybridized carbons (Fsp3) is 0.639. The quantitative estimate of drug-likeness (QED) is 0.141. The second-order valence-electron chi connectivity index (χ2n) is 14.4. The first-order valence-electron chi connectivity index (χ1n) is 16.5. The number of carbonyl (C=O) groups is 5. The van der Waals surface area contributed by atoms with Crippen LogP contribution >= 0.6 is 0 Å². The van der Waals surface area contributed by atoms with Gasteiger partial charge in [-0.1, -0.05) is 25.0 Å². The molecule has 1 saturated heterocycles. The highest BCUT2D eigenvalue weighted by molar-refractivity contribution is 5.99. The molecule has 4 aliphatic carbocycles. The van der Waals surface area contributed by atoms with Crippen molar-refractivity contribution in [1.82, 2.24) is 0 Å². The number of ketones is 1. The van der Waals surface area contributed by atoms with Crippen molar-refractivity contribution in [3.8, 4) is 0 Å². The Kier molecular flexibility index (Phi) is 7.99. The maximum absolute atomic E-state index is 13.9. The molecule has 3 fully saturated rings. The molecule has 47 heavy (non-hydrogen) atoms. The Labute approximate surface area is 274 Å². The Morgan fingerprint density at radius 2 is 1.79 bits per heavy atom. The number of fused-ring (bicyclic) bond motifs is 4. The maximum Gasteiger partial charge on any atom is 0.333 e. The lowest BCUT2D eigenvalue weighted by Gasteiger charge is -2.61. The molecule has 11 atom stereocenters. The first-order chi connectivity index (χ1) is 22.1. The molecule has 254 valence electrons. The molecular formula is C36H44O11. The fourth-order valence-electron chi connectivity index (χ4n) is 9.74. The predicted octanol–water partition coefficient (Wildman–Crippen LogP) is 3.63. The van der Waals surface area contributed by atoms with Gasteiger partial charge in [-0.05, 0) is 77.0 Å². The normalized spacial score (nSPS) is 42.3. The van der Waals surface area contributed by atoms with E-state index in [9.17, 15) is 29.1 Å². The molecule has 0 aromatic heterocycles. The molecule has 0 radical (unpaired) electrons. The lowest BCUT2D eigenvalue weighted by Crippen LogP contribution is -2.70. The summed E-state index contributed by atoms with van der Waals surface area (Å²) < 4.78 is 28.8. The number of aliphatic hydroxyl groups is 1. The fourth-order valence-corrected chi connectivity index (χ4v) is 9.74. The molecule has 0 amide bonds. The van der Waals surface area contributed by atoms with Gasteiger partial charge in [0.25, 0.3) is 0 Å². The molecule has 0 aromatic rings. The van der Waals surface area contributed by atoms with E-state index in [1.807, 2.05) is 33.8 Å². The zero-order valence-corrected chi connectivity index (χ0v) is 28.0. The van der Waals surface area contributed by atoms with Gasteiger partial charge in [0.05, 0.1) is 18.1 Å². The van der Waals surface area contributed by atoms with Gasteiger partial charge in [0.1, 0.15) is 23.4 Å². The van der Waals surface area contributed by atoms with Crippen molar-refractivity contribution in [2.75, 3.05) is 6.61 Å². The van der Waals surface area contributed by atoms with Gasteiger partial charge in [-0.2, -0.15) is 0 Å². The highest BCUT2D eigenvalue weighted by Crippen LogP contribution is 2.74. The van der Waals surface area contributed by atoms with E-state index in [0.717, 1.165) is 23.3 Å². The summed E-state index contributed by atoms with van der Waals surface area (Å²) in [5, 5.41) is 13.1. The Morgan fingerprint density at radius 3 is 2.45 bits per heavy atom. The molecular weight excluding hydrogens is 608 g/mol. The van der Waals surface area contributed by atoms with E-state index in [-0.39, 0.29) is 24.3 Å². The summed E-state index contributed by atoms with van der Waals surface area (Å²) in [6, 6.07) is 0. The minimum absolute atomic E-state index is 0.162. The molecule has 6 rings (SSSR count). The standard InChI is InChI=1S/C36H44O11/c1-8-43-30(39)11-12-31(40)46-27-10-9-26(38)34(7)22-13-14-33(6)23(20(4)25-15-18(2)19(3)32(41)45-25)16-28(44-21(5)37)35(33,42)24(22)17-29-36(27,34)47-29/h9-12,16,20,22,24-25,27-29,42H,8,13-15,17H2,1-7H3/b12-11+/t20-,22-,24+,25+,27-,28-,29+,33+,34-,35-,36+/m0/s1. The highest BCUT2D eigenvalue weighted by atomic mass is 16.7. The van der Waals surface area contributed by atoms with Crippen LogP contribution < -0.4 is 0 Å². The van der Waals surface area contributed by atoms with Crippen LogP contribution in [-0.4, -0.2) is 77.0 Å². The summed E-state index contributed by atoms with van der Waals surface area (Å²) in [5.41, 5.74) is -2.36. The Balaban J connectivity index is 1.33. The number of allylic oxidation sites excluding steroid dienone is 1. The van der Waals surface area contributed by atoms with Crippen molar-refractivity contribution < 1.29 is 52.8 Å². The number of epoxide rings is 1. The summed E-state index contributed by atoms with van der Waals surface area (Å²) in [6.45, 7) is 12.6. The van der Waals surface area contributed by atoms with Crippen LogP contribution in [0.4, 0.5) is 0 Å². The number of carbonyl (C=O) groups excluding carboxylic acids is 5. The predicted molar refractivity (Wildman–Crippen MR) is 165 cm³/mol. The van der Waals surface area contributed by atoms with Crippen molar-refractivity contribution >= 4 is 29.7 Å². The first kappa shape index (κ1) is 33.3. The summed E-state index contributed by atoms with van der Waals surface area (Å²) in [7, 11) is 0. The van der Waals surface area contributed by atoms with E-state index in [4.69, 9.17) is 23.7 Å². The van der Waals surface area contributed by atoms with Crippen molar-refractivity contribution in [3.63, 3.8) is 0 Å². The van der Waals surface area contributed by atoms with Crippen molar-refractivity contribution in [2.45, 2.75) is 110 Å². The SMILES string of the molecule is CCOC(=O)/C=C/C(=O)O[C@H]1C=CC(=O)[C@]2(C)[C@H]3CC[C@]4(C)C([C@H](C)[C@H]5CC(C)=C(C)C(=O)O5)=C[C@H](OC(C)=O)[C@@]4(O)[C@@H]3C[C@H]3O[C@]132. The van der Waals surface area contributed by atoms with Crippen LogP contribution in [0.2, 0.25) is 0 Å². The zero-order valence-electron chi connectivity index (χ0n) is 28.0. The smallest absolute Gasteiger partial charge is 0.333 e. The third-order valence-electron chi connectivity index (χ3n) is 12.4. The lowest BCUT2D eigenvalue weighted by molar-refractivity contribution is -0.225. The van der Waals surface area contributed by atoms with Crippen LogP contribution in [0.1, 0.15) is 74.1 Å². The number of rotatable bonds is 7. The number of hydrogen-bond donors (Lipinski definition) is 1. The van der Waals surface area contributed by atoms with E-state index in [0.29, 0.717) is 31.3 Å². The van der Waals surface area contributed by atoms with Crippen LogP contribution in [0.3, 0.4) is 0 Å². The summed E-state index contributed by atoms with van der Waals surface area (Å²) in [5.74, 6) is -3.76. The van der Waals surface area contributed by atoms with Crippen molar-refractivity contribution in [3.05, 3.63) is 47.1 Å². The first-order valence-corrected chi connectivity index (χ1v) is 16.5. The van der Waals surface area contributed by atoms with Gasteiger partial charge in [0.15, 0.2) is 11.9 Å². The molecule has 0 aromatic carbocycles. The third-order valence-corrected chi connectivity index (χ3v) is 12.4. The molecule has 6 aliphatic rings. The van der Waals surface area contributed by atoms with Crippen LogP contribution in [0.5, 0.6) is 0 Å². The number of hydrogen-bond acceptors (Lipinski definition) is 11. The van der Waals surface area contributed by atoms with Crippen LogP contribution in [0, 0.1) is 28.6 Å². The van der Waals surface area contributed by atoms with Gasteiger partial charge in [-0.25, -0.2) is 14.4 Å². The average Bonchev–Trinajstić information content (AvgIpc) is 3.70. The molecule has 1 N–H and O–H groups in total. The minimum atomic E-state index is -1.60. The average molecular weight is 653 g/mol. The summed E-state index contributed by atoms with van der Waals surface area (Å²) in [4.78, 5) is 63.6. The van der Waals surface area contributed by atoms with E-state index < -0.39 is 76.2 Å².